The number of aliphatic hydroxyl groups is 1. The number of likely N-dealkylation sites (tertiary alicyclic amines) is 1. The summed E-state index contributed by atoms with van der Waals surface area (Å²) < 4.78 is 16.6. The van der Waals surface area contributed by atoms with Crippen molar-refractivity contribution in [2.45, 2.75) is 23.9 Å². The quantitative estimate of drug-likeness (QED) is 0.0876. The second kappa shape index (κ2) is 11.6. The number of alkyl halides is 1. The molecule has 210 valence electrons. The highest BCUT2D eigenvalue weighted by molar-refractivity contribution is 8.00. The monoisotopic (exact) mass is 584 g/mol. The zero-order chi connectivity index (χ0) is 28.3. The average molecular weight is 585 g/mol. The molecule has 3 aliphatic heterocycles. The SMILES string of the molecule is NC(=O)C[N+]1(C/C=C/C2=C(C(=O)[O-])N3C(=O)[C@@H](NC(=O)/C(=N\OCF)c4nsc(N)n4)[C@H]3SC2)CCC(O)C1. The predicted octanol–water partition coefficient (Wildman–Crippen LogP) is -3.21. The Labute approximate surface area is 229 Å². The van der Waals surface area contributed by atoms with Gasteiger partial charge in [0, 0.05) is 23.7 Å². The van der Waals surface area contributed by atoms with Crippen LogP contribution in [0.4, 0.5) is 9.52 Å². The van der Waals surface area contributed by atoms with Gasteiger partial charge in [-0.25, -0.2) is 4.39 Å². The van der Waals surface area contributed by atoms with Crippen molar-refractivity contribution in [1.29, 1.82) is 0 Å². The van der Waals surface area contributed by atoms with E-state index in [-0.39, 0.29) is 33.4 Å². The fraction of sp³-hybridized carbons (Fsp3) is 0.476. The Morgan fingerprint density at radius 3 is 2.77 bits per heavy atom. The van der Waals surface area contributed by atoms with Crippen molar-refractivity contribution in [3.63, 3.8) is 0 Å². The van der Waals surface area contributed by atoms with Gasteiger partial charge in [0.05, 0.1) is 24.8 Å². The van der Waals surface area contributed by atoms with Crippen LogP contribution < -0.4 is 21.9 Å². The summed E-state index contributed by atoms with van der Waals surface area (Å²) in [4.78, 5) is 58.5. The first-order valence-electron chi connectivity index (χ1n) is 11.6. The topological polar surface area (TPSA) is 226 Å². The molecule has 39 heavy (non-hydrogen) atoms. The maximum Gasteiger partial charge on any atom is 0.278 e. The minimum atomic E-state index is -1.57. The van der Waals surface area contributed by atoms with Gasteiger partial charge in [0.1, 0.15) is 24.1 Å². The molecule has 4 atom stereocenters. The van der Waals surface area contributed by atoms with Crippen molar-refractivity contribution in [1.82, 2.24) is 19.6 Å². The number of carbonyl (C=O) groups is 4. The van der Waals surface area contributed by atoms with Crippen LogP contribution in [0.3, 0.4) is 0 Å². The third kappa shape index (κ3) is 6.02. The van der Waals surface area contributed by atoms with Crippen molar-refractivity contribution >= 4 is 57.8 Å². The van der Waals surface area contributed by atoms with Crippen molar-refractivity contribution in [3.8, 4) is 0 Å². The molecule has 0 saturated carbocycles. The highest BCUT2D eigenvalue weighted by atomic mass is 32.2. The molecule has 4 rings (SSSR count). The summed E-state index contributed by atoms with van der Waals surface area (Å²) in [6, 6.07) is -1.12. The largest absolute Gasteiger partial charge is 0.543 e. The molecule has 0 radical (unpaired) electrons. The van der Waals surface area contributed by atoms with Crippen LogP contribution in [0.25, 0.3) is 0 Å². The smallest absolute Gasteiger partial charge is 0.278 e. The lowest BCUT2D eigenvalue weighted by Crippen LogP contribution is -2.71. The normalized spacial score (nSPS) is 26.9. The Morgan fingerprint density at radius 1 is 1.41 bits per heavy atom. The number of primary amides is 1. The number of carbonyl (C=O) groups excluding carboxylic acids is 4. The maximum absolute atomic E-state index is 12.9. The first kappa shape index (κ1) is 28.4. The molecule has 0 bridgehead atoms. The van der Waals surface area contributed by atoms with Gasteiger partial charge in [-0.05, 0) is 11.6 Å². The molecule has 1 aromatic heterocycles. The number of amides is 3. The molecular weight excluding hydrogens is 559 g/mol. The van der Waals surface area contributed by atoms with Gasteiger partial charge < -0.3 is 41.1 Å². The molecule has 3 aliphatic rings. The molecule has 0 aromatic carbocycles. The van der Waals surface area contributed by atoms with Gasteiger partial charge in [-0.2, -0.15) is 9.36 Å². The van der Waals surface area contributed by atoms with E-state index in [4.69, 9.17) is 11.5 Å². The van der Waals surface area contributed by atoms with E-state index in [0.29, 0.717) is 31.6 Å². The number of carboxylic acid groups (broad SMARTS) is 1. The molecule has 2 saturated heterocycles. The molecular formula is C21H25FN8O7S2. The van der Waals surface area contributed by atoms with Crippen LogP contribution in [0.15, 0.2) is 28.6 Å². The number of hydrogen-bond acceptors (Lipinski definition) is 13. The molecule has 0 aliphatic carbocycles. The Kier molecular flexibility index (Phi) is 8.48. The van der Waals surface area contributed by atoms with Crippen LogP contribution in [0, 0.1) is 0 Å². The van der Waals surface area contributed by atoms with Crippen LogP contribution in [0.1, 0.15) is 12.2 Å². The van der Waals surface area contributed by atoms with Crippen molar-refractivity contribution in [3.05, 3.63) is 29.2 Å². The number of nitrogens with two attached hydrogens (primary N) is 2. The van der Waals surface area contributed by atoms with E-state index >= 15 is 0 Å². The van der Waals surface area contributed by atoms with E-state index < -0.39 is 53.8 Å². The Balaban J connectivity index is 1.49. The van der Waals surface area contributed by atoms with Crippen molar-refractivity contribution in [2.24, 2.45) is 10.9 Å². The summed E-state index contributed by atoms with van der Waals surface area (Å²) in [6.07, 6.45) is 3.19. The Morgan fingerprint density at radius 2 is 2.18 bits per heavy atom. The van der Waals surface area contributed by atoms with Gasteiger partial charge >= 0.3 is 0 Å². The van der Waals surface area contributed by atoms with Crippen LogP contribution >= 0.6 is 23.3 Å². The van der Waals surface area contributed by atoms with E-state index in [2.05, 4.69) is 24.7 Å². The number of anilines is 1. The van der Waals surface area contributed by atoms with E-state index in [1.54, 1.807) is 12.2 Å². The van der Waals surface area contributed by atoms with Gasteiger partial charge in [-0.3, -0.25) is 19.3 Å². The van der Waals surface area contributed by atoms with Crippen molar-refractivity contribution < 1.29 is 43.1 Å². The molecule has 2 unspecified atom stereocenters. The molecule has 4 heterocycles. The zero-order valence-electron chi connectivity index (χ0n) is 20.3. The van der Waals surface area contributed by atoms with E-state index in [0.717, 1.165) is 16.4 Å². The number of β-lactam (4-membered cyclic amide) rings is 1. The maximum atomic E-state index is 12.9. The predicted molar refractivity (Wildman–Crippen MR) is 134 cm³/mol. The number of nitrogen functional groups attached to an aromatic ring is 1. The molecule has 0 spiro atoms. The molecule has 6 N–H and O–H groups in total. The summed E-state index contributed by atoms with van der Waals surface area (Å²) in [5.74, 6) is -3.79. The lowest BCUT2D eigenvalue weighted by atomic mass is 10.0. The molecule has 15 nitrogen and oxygen atoms in total. The number of quaternary nitrogens is 1. The van der Waals surface area contributed by atoms with Gasteiger partial charge in [-0.15, -0.1) is 11.8 Å². The number of thioether (sulfide) groups is 1. The molecule has 1 aromatic rings. The van der Waals surface area contributed by atoms with E-state index in [1.165, 1.54) is 11.8 Å². The number of rotatable bonds is 11. The number of nitrogens with zero attached hydrogens (tertiary/aromatic N) is 5. The first-order valence-corrected chi connectivity index (χ1v) is 13.4. The number of allylic oxidation sites excluding steroid dienone is 1. The van der Waals surface area contributed by atoms with E-state index in [1.807, 2.05) is 0 Å². The summed E-state index contributed by atoms with van der Waals surface area (Å²) in [5, 5.41) is 27.1. The summed E-state index contributed by atoms with van der Waals surface area (Å²) in [6.45, 7) is -0.101. The minimum absolute atomic E-state index is 0.0206. The fourth-order valence-corrected chi connectivity index (χ4v) is 6.50. The van der Waals surface area contributed by atoms with Crippen LogP contribution in [-0.2, 0) is 24.0 Å². The van der Waals surface area contributed by atoms with Gasteiger partial charge in [-0.1, -0.05) is 11.2 Å². The lowest BCUT2D eigenvalue weighted by molar-refractivity contribution is -0.904. The molecule has 2 fully saturated rings. The first-order chi connectivity index (χ1) is 18.5. The number of halogens is 1. The van der Waals surface area contributed by atoms with Gasteiger partial charge in [0.2, 0.25) is 11.5 Å². The summed E-state index contributed by atoms with van der Waals surface area (Å²) in [7, 11) is 0. The van der Waals surface area contributed by atoms with Gasteiger partial charge in [0.15, 0.2) is 11.7 Å². The zero-order valence-corrected chi connectivity index (χ0v) is 22.0. The second-order valence-electron chi connectivity index (χ2n) is 9.06. The second-order valence-corrected chi connectivity index (χ2v) is 10.9. The highest BCUT2D eigenvalue weighted by Crippen LogP contribution is 2.40. The number of carboxylic acids is 1. The van der Waals surface area contributed by atoms with E-state index in [9.17, 15) is 33.8 Å². The van der Waals surface area contributed by atoms with Gasteiger partial charge in [0.25, 0.3) is 24.6 Å². The summed E-state index contributed by atoms with van der Waals surface area (Å²) >= 11 is 1.98. The highest BCUT2D eigenvalue weighted by Gasteiger charge is 2.53. The molecule has 3 amide bonds. The minimum Gasteiger partial charge on any atom is -0.543 e. The Bertz CT molecular complexity index is 1270. The summed E-state index contributed by atoms with van der Waals surface area (Å²) in [5.41, 5.74) is 10.4. The number of fused-ring (bicyclic) bond motifs is 1. The number of aliphatic hydroxyl groups excluding tert-OH is 1. The lowest BCUT2D eigenvalue weighted by Gasteiger charge is -2.50. The number of aromatic nitrogens is 2. The number of aliphatic carboxylic acids is 1. The molecule has 18 heteroatoms. The number of nitrogens with one attached hydrogen (secondary N) is 1. The third-order valence-electron chi connectivity index (χ3n) is 6.39. The third-order valence-corrected chi connectivity index (χ3v) is 8.23. The average Bonchev–Trinajstić information content (AvgIpc) is 3.46. The van der Waals surface area contributed by atoms with Crippen LogP contribution in [-0.4, -0.2) is 110 Å². The van der Waals surface area contributed by atoms with Crippen LogP contribution in [0.5, 0.6) is 0 Å². The standard InChI is InChI=1S/C21H25FN8O7S2/c22-9-37-27-13(16-26-21(24)39-28-16)17(33)25-14-18(34)29-15(20(35)36)10(8-38-19(14)29)2-1-4-30(7-12(23)32)5-3-11(31)6-30/h1-2,11,14,19,31H,3-9H2,(H5-,23,24,25,26,28,32,33,35,36)/b2-1+,27-13-/t11?,14-,19-,30?/m1/s1. The van der Waals surface area contributed by atoms with Crippen molar-refractivity contribution in [2.75, 3.05) is 44.5 Å². The number of oxime groups is 1. The van der Waals surface area contributed by atoms with Crippen LogP contribution in [0.2, 0.25) is 0 Å². The number of hydrogen-bond donors (Lipinski definition) is 4. The fourth-order valence-electron chi connectivity index (χ4n) is 4.75. The Hall–Kier alpha value is -3.61.